The molecule has 0 spiro atoms. The first-order valence-corrected chi connectivity index (χ1v) is 10.9. The Morgan fingerprint density at radius 1 is 1.07 bits per heavy atom. The number of aromatic nitrogens is 3. The summed E-state index contributed by atoms with van der Waals surface area (Å²) < 4.78 is 2.01. The molecule has 1 aromatic carbocycles. The maximum Gasteiger partial charge on any atom is 0.178 e. The average Bonchev–Trinajstić information content (AvgIpc) is 2.99. The number of aryl methyl sites for hydroxylation is 2. The van der Waals surface area contributed by atoms with Gasteiger partial charge in [0.1, 0.15) is 23.2 Å². The van der Waals surface area contributed by atoms with E-state index in [9.17, 15) is 10.4 Å². The minimum atomic E-state index is 0.0946. The first-order chi connectivity index (χ1) is 14.6. The summed E-state index contributed by atoms with van der Waals surface area (Å²) in [4.78, 5) is 4.61. The molecule has 0 atom stereocenters. The van der Waals surface area contributed by atoms with Gasteiger partial charge in [0.25, 0.3) is 0 Å². The number of piperazine rings is 1. The predicted molar refractivity (Wildman–Crippen MR) is 117 cm³/mol. The van der Waals surface area contributed by atoms with Gasteiger partial charge in [0.05, 0.1) is 6.54 Å². The van der Waals surface area contributed by atoms with Gasteiger partial charge in [-0.15, -0.1) is 10.2 Å². The van der Waals surface area contributed by atoms with Gasteiger partial charge in [0.2, 0.25) is 0 Å². The Kier molecular flexibility index (Phi) is 6.05. The summed E-state index contributed by atoms with van der Waals surface area (Å²) in [5.41, 5.74) is 4.18. The molecule has 1 saturated heterocycles. The van der Waals surface area contributed by atoms with Crippen LogP contribution in [-0.4, -0.2) is 57.5 Å². The number of nitriles is 1. The number of benzene rings is 1. The Labute approximate surface area is 178 Å². The minimum absolute atomic E-state index is 0.0946. The molecule has 1 aromatic heterocycles. The SMILES string of the molecule is Cc1cccc(N2CCN(C/C(O)=C(\C#N)c3nnc4n3CCCCC4)CC2)c1C. The Hall–Kier alpha value is -2.85. The number of allylic oxidation sites excluding steroid dienone is 1. The van der Waals surface area contributed by atoms with Crippen LogP contribution in [0, 0.1) is 25.2 Å². The summed E-state index contributed by atoms with van der Waals surface area (Å²) in [5, 5.41) is 29.0. The molecule has 3 heterocycles. The molecule has 4 rings (SSSR count). The normalized spacial score (nSPS) is 18.4. The van der Waals surface area contributed by atoms with E-state index < -0.39 is 0 Å². The molecule has 0 aliphatic carbocycles. The van der Waals surface area contributed by atoms with Crippen molar-refractivity contribution in [3.8, 4) is 6.07 Å². The fourth-order valence-electron chi connectivity index (χ4n) is 4.43. The smallest absolute Gasteiger partial charge is 0.178 e. The molecule has 1 N–H and O–H groups in total. The molecule has 1 fully saturated rings. The van der Waals surface area contributed by atoms with E-state index in [1.165, 1.54) is 16.8 Å². The van der Waals surface area contributed by atoms with Crippen LogP contribution in [0.5, 0.6) is 0 Å². The molecule has 7 nitrogen and oxygen atoms in total. The first kappa shape index (κ1) is 20.4. The van der Waals surface area contributed by atoms with E-state index in [-0.39, 0.29) is 11.3 Å². The third-order valence-electron chi connectivity index (χ3n) is 6.40. The number of aliphatic hydroxyl groups excluding tert-OH is 1. The Balaban J connectivity index is 1.45. The maximum absolute atomic E-state index is 10.8. The summed E-state index contributed by atoms with van der Waals surface area (Å²) in [7, 11) is 0. The maximum atomic E-state index is 10.8. The molecular weight excluding hydrogens is 376 g/mol. The summed E-state index contributed by atoms with van der Waals surface area (Å²) in [6.45, 7) is 8.98. The van der Waals surface area contributed by atoms with Crippen LogP contribution in [0.2, 0.25) is 0 Å². The van der Waals surface area contributed by atoms with Gasteiger partial charge in [-0.1, -0.05) is 18.6 Å². The van der Waals surface area contributed by atoms with Crippen molar-refractivity contribution < 1.29 is 5.11 Å². The lowest BCUT2D eigenvalue weighted by molar-refractivity contribution is 0.238. The number of nitrogens with zero attached hydrogens (tertiary/aromatic N) is 6. The largest absolute Gasteiger partial charge is 0.509 e. The third kappa shape index (κ3) is 4.05. The molecule has 30 heavy (non-hydrogen) atoms. The second-order valence-corrected chi connectivity index (χ2v) is 8.32. The van der Waals surface area contributed by atoms with E-state index in [0.717, 1.165) is 64.2 Å². The number of aliphatic hydroxyl groups is 1. The molecule has 0 amide bonds. The van der Waals surface area contributed by atoms with Gasteiger partial charge >= 0.3 is 0 Å². The summed E-state index contributed by atoms with van der Waals surface area (Å²) >= 11 is 0. The van der Waals surface area contributed by atoms with E-state index in [4.69, 9.17) is 0 Å². The lowest BCUT2D eigenvalue weighted by Gasteiger charge is -2.37. The lowest BCUT2D eigenvalue weighted by atomic mass is 10.1. The summed E-state index contributed by atoms with van der Waals surface area (Å²) in [6, 6.07) is 8.62. The Bertz CT molecular complexity index is 978. The van der Waals surface area contributed by atoms with Crippen LogP contribution in [0.4, 0.5) is 5.69 Å². The standard InChI is InChI=1S/C23H30N6O/c1-17-7-6-8-20(18(17)2)28-13-11-27(12-14-28)16-21(30)19(15-24)23-26-25-22-9-4-3-5-10-29(22)23/h6-8,30H,3-5,9-14,16H2,1-2H3/b21-19-. The van der Waals surface area contributed by atoms with Crippen molar-refractivity contribution in [1.82, 2.24) is 19.7 Å². The second-order valence-electron chi connectivity index (χ2n) is 8.32. The molecule has 7 heteroatoms. The van der Waals surface area contributed by atoms with Crippen molar-refractivity contribution in [2.45, 2.75) is 46.1 Å². The molecule has 158 valence electrons. The molecule has 2 aliphatic heterocycles. The Morgan fingerprint density at radius 2 is 1.87 bits per heavy atom. The molecular formula is C23H30N6O. The van der Waals surface area contributed by atoms with Gasteiger partial charge in [0, 0.05) is 44.8 Å². The fourth-order valence-corrected chi connectivity index (χ4v) is 4.43. The highest BCUT2D eigenvalue weighted by molar-refractivity contribution is 5.74. The van der Waals surface area contributed by atoms with Gasteiger partial charge in [-0.3, -0.25) is 4.90 Å². The molecule has 0 unspecified atom stereocenters. The van der Waals surface area contributed by atoms with Crippen LogP contribution in [-0.2, 0) is 13.0 Å². The van der Waals surface area contributed by atoms with Crippen molar-refractivity contribution in [2.24, 2.45) is 0 Å². The van der Waals surface area contributed by atoms with Crippen LogP contribution in [0.3, 0.4) is 0 Å². The number of hydrogen-bond donors (Lipinski definition) is 1. The first-order valence-electron chi connectivity index (χ1n) is 10.9. The van der Waals surface area contributed by atoms with Crippen LogP contribution in [0.15, 0.2) is 24.0 Å². The lowest BCUT2D eigenvalue weighted by Crippen LogP contribution is -2.47. The number of rotatable bonds is 4. The van der Waals surface area contributed by atoms with Crippen LogP contribution >= 0.6 is 0 Å². The van der Waals surface area contributed by atoms with Crippen LogP contribution in [0.25, 0.3) is 5.57 Å². The molecule has 0 saturated carbocycles. The van der Waals surface area contributed by atoms with Crippen molar-refractivity contribution in [2.75, 3.05) is 37.6 Å². The van der Waals surface area contributed by atoms with Gasteiger partial charge < -0.3 is 14.6 Å². The number of fused-ring (bicyclic) bond motifs is 1. The van der Waals surface area contributed by atoms with E-state index in [2.05, 4.69) is 58.1 Å². The quantitative estimate of drug-likeness (QED) is 0.620. The molecule has 0 radical (unpaired) electrons. The van der Waals surface area contributed by atoms with Crippen LogP contribution in [0.1, 0.15) is 42.0 Å². The predicted octanol–water partition coefficient (Wildman–Crippen LogP) is 3.24. The molecule has 2 aliphatic rings. The van der Waals surface area contributed by atoms with Gasteiger partial charge in [0.15, 0.2) is 5.82 Å². The zero-order valence-corrected chi connectivity index (χ0v) is 17.9. The third-order valence-corrected chi connectivity index (χ3v) is 6.40. The van der Waals surface area contributed by atoms with E-state index in [1.54, 1.807) is 0 Å². The zero-order chi connectivity index (χ0) is 21.1. The Morgan fingerprint density at radius 3 is 2.63 bits per heavy atom. The monoisotopic (exact) mass is 406 g/mol. The van der Waals surface area contributed by atoms with E-state index in [0.29, 0.717) is 12.4 Å². The van der Waals surface area contributed by atoms with Crippen molar-refractivity contribution in [3.63, 3.8) is 0 Å². The fraction of sp³-hybridized carbons (Fsp3) is 0.522. The van der Waals surface area contributed by atoms with E-state index in [1.807, 2.05) is 4.57 Å². The summed E-state index contributed by atoms with van der Waals surface area (Å²) in [5.74, 6) is 1.53. The number of hydrogen-bond acceptors (Lipinski definition) is 6. The van der Waals surface area contributed by atoms with E-state index >= 15 is 0 Å². The molecule has 0 bridgehead atoms. The van der Waals surface area contributed by atoms with Crippen LogP contribution < -0.4 is 4.90 Å². The van der Waals surface area contributed by atoms with Gasteiger partial charge in [-0.05, 0) is 43.9 Å². The highest BCUT2D eigenvalue weighted by Gasteiger charge is 2.24. The van der Waals surface area contributed by atoms with Crippen molar-refractivity contribution >= 4 is 11.3 Å². The van der Waals surface area contributed by atoms with Gasteiger partial charge in [-0.25, -0.2) is 0 Å². The number of anilines is 1. The highest BCUT2D eigenvalue weighted by atomic mass is 16.3. The molecule has 2 aromatic rings. The van der Waals surface area contributed by atoms with Gasteiger partial charge in [-0.2, -0.15) is 5.26 Å². The summed E-state index contributed by atoms with van der Waals surface area (Å²) in [6.07, 6.45) is 4.19. The zero-order valence-electron chi connectivity index (χ0n) is 17.9. The average molecular weight is 407 g/mol. The minimum Gasteiger partial charge on any atom is -0.509 e. The topological polar surface area (TPSA) is 81.2 Å². The van der Waals surface area contributed by atoms with Crippen molar-refractivity contribution in [3.05, 3.63) is 46.7 Å². The van der Waals surface area contributed by atoms with Crippen molar-refractivity contribution in [1.29, 1.82) is 5.26 Å². The second kappa shape index (κ2) is 8.88. The highest BCUT2D eigenvalue weighted by Crippen LogP contribution is 2.25.